The fraction of sp³-hybridized carbons (Fsp3) is 0.222. The van der Waals surface area contributed by atoms with Crippen molar-refractivity contribution in [1.29, 1.82) is 0 Å². The second kappa shape index (κ2) is 4.26. The Morgan fingerprint density at radius 1 is 1.47 bits per heavy atom. The van der Waals surface area contributed by atoms with Crippen LogP contribution in [0.5, 0.6) is 0 Å². The van der Waals surface area contributed by atoms with Gasteiger partial charge in [0.15, 0.2) is 5.65 Å². The molecule has 2 aromatic rings. The molecule has 0 saturated carbocycles. The highest BCUT2D eigenvalue weighted by molar-refractivity contribution is 6.34. The van der Waals surface area contributed by atoms with E-state index in [4.69, 9.17) is 16.7 Å². The zero-order chi connectivity index (χ0) is 10.7. The maximum absolute atomic E-state index is 8.58. The maximum Gasteiger partial charge on any atom is 0.186 e. The van der Waals surface area contributed by atoms with Crippen molar-refractivity contribution in [1.82, 2.24) is 20.2 Å². The van der Waals surface area contributed by atoms with Crippen LogP contribution in [0.3, 0.4) is 0 Å². The van der Waals surface area contributed by atoms with Gasteiger partial charge >= 0.3 is 0 Å². The monoisotopic (exact) mass is 222 g/mol. The summed E-state index contributed by atoms with van der Waals surface area (Å²) in [5, 5.41) is 16.2. The van der Waals surface area contributed by atoms with Gasteiger partial charge in [0.25, 0.3) is 0 Å². The molecule has 76 valence electrons. The molecule has 15 heavy (non-hydrogen) atoms. The molecule has 0 unspecified atom stereocenters. The molecule has 0 aliphatic carbocycles. The van der Waals surface area contributed by atoms with Crippen LogP contribution < -0.4 is 0 Å². The number of halogens is 1. The third-order valence-electron chi connectivity index (χ3n) is 1.75. The second-order valence-electron chi connectivity index (χ2n) is 2.74. The number of aromatic nitrogens is 4. The fourth-order valence-corrected chi connectivity index (χ4v) is 1.34. The minimum absolute atomic E-state index is 0.0311. The molecular weight excluding hydrogens is 216 g/mol. The summed E-state index contributed by atoms with van der Waals surface area (Å²) in [6, 6.07) is 0. The van der Waals surface area contributed by atoms with Gasteiger partial charge in [-0.05, 0) is 5.92 Å². The first-order valence-electron chi connectivity index (χ1n) is 4.27. The quantitative estimate of drug-likeness (QED) is 0.551. The number of fused-ring (bicyclic) bond motifs is 1. The van der Waals surface area contributed by atoms with Crippen molar-refractivity contribution in [3.8, 4) is 11.8 Å². The van der Waals surface area contributed by atoms with Crippen LogP contribution in [0.1, 0.15) is 12.1 Å². The maximum atomic E-state index is 8.58. The highest BCUT2D eigenvalue weighted by Crippen LogP contribution is 2.19. The van der Waals surface area contributed by atoms with E-state index in [0.29, 0.717) is 28.3 Å². The average molecular weight is 223 g/mol. The summed E-state index contributed by atoms with van der Waals surface area (Å²) in [5.41, 5.74) is 1.06. The topological polar surface area (TPSA) is 74.7 Å². The van der Waals surface area contributed by atoms with Crippen molar-refractivity contribution in [2.45, 2.75) is 6.42 Å². The Hall–Kier alpha value is -1.64. The first-order valence-corrected chi connectivity index (χ1v) is 4.65. The normalized spacial score (nSPS) is 10.0. The summed E-state index contributed by atoms with van der Waals surface area (Å²) < 4.78 is 0. The third kappa shape index (κ3) is 1.91. The average Bonchev–Trinajstić information content (AvgIpc) is 2.63. The van der Waals surface area contributed by atoms with Gasteiger partial charge in [-0.3, -0.25) is 5.10 Å². The summed E-state index contributed by atoms with van der Waals surface area (Å²) in [6.07, 6.45) is 1.75. The van der Waals surface area contributed by atoms with Gasteiger partial charge in [0.05, 0.1) is 12.0 Å². The number of hydrogen-bond donors (Lipinski definition) is 2. The molecule has 0 aromatic carbocycles. The van der Waals surface area contributed by atoms with E-state index in [2.05, 4.69) is 32.0 Å². The lowest BCUT2D eigenvalue weighted by atomic mass is 10.3. The van der Waals surface area contributed by atoms with Gasteiger partial charge in [-0.2, -0.15) is 5.10 Å². The Morgan fingerprint density at radius 3 is 3.13 bits per heavy atom. The number of aliphatic hydroxyl groups excluding tert-OH is 1. The van der Waals surface area contributed by atoms with Crippen LogP contribution in [-0.2, 0) is 0 Å². The molecule has 0 fully saturated rings. The highest BCUT2D eigenvalue weighted by atomic mass is 35.5. The molecule has 0 saturated heterocycles. The molecule has 0 aliphatic heterocycles. The molecule has 0 atom stereocenters. The minimum atomic E-state index is 0.0311. The number of aliphatic hydroxyl groups is 1. The first-order chi connectivity index (χ1) is 7.33. The number of nitrogens with zero attached hydrogens (tertiary/aromatic N) is 3. The molecule has 5 nitrogen and oxygen atoms in total. The van der Waals surface area contributed by atoms with Crippen molar-refractivity contribution in [2.24, 2.45) is 0 Å². The van der Waals surface area contributed by atoms with E-state index in [9.17, 15) is 0 Å². The largest absolute Gasteiger partial charge is 0.395 e. The lowest BCUT2D eigenvalue weighted by Crippen LogP contribution is -1.82. The SMILES string of the molecule is OCCC#Cc1[nH]nc2ncnc(Cl)c12. The van der Waals surface area contributed by atoms with Gasteiger partial charge < -0.3 is 5.11 Å². The van der Waals surface area contributed by atoms with E-state index < -0.39 is 0 Å². The summed E-state index contributed by atoms with van der Waals surface area (Å²) >= 11 is 5.89. The number of aromatic amines is 1. The van der Waals surface area contributed by atoms with Crippen LogP contribution in [0.2, 0.25) is 5.15 Å². The zero-order valence-electron chi connectivity index (χ0n) is 7.66. The van der Waals surface area contributed by atoms with E-state index in [0.717, 1.165) is 0 Å². The van der Waals surface area contributed by atoms with E-state index in [1.165, 1.54) is 6.33 Å². The Balaban J connectivity index is 2.50. The summed E-state index contributed by atoms with van der Waals surface area (Å²) in [6.45, 7) is 0.0311. The van der Waals surface area contributed by atoms with Gasteiger partial charge in [-0.15, -0.1) is 0 Å². The van der Waals surface area contributed by atoms with Crippen LogP contribution in [0.25, 0.3) is 11.0 Å². The van der Waals surface area contributed by atoms with Gasteiger partial charge in [-0.25, -0.2) is 9.97 Å². The van der Waals surface area contributed by atoms with Crippen LogP contribution in [0.15, 0.2) is 6.33 Å². The predicted octanol–water partition coefficient (Wildman–Crippen LogP) is 0.740. The Morgan fingerprint density at radius 2 is 2.33 bits per heavy atom. The predicted molar refractivity (Wildman–Crippen MR) is 55.3 cm³/mol. The molecule has 6 heteroatoms. The van der Waals surface area contributed by atoms with E-state index in [-0.39, 0.29) is 6.61 Å². The summed E-state index contributed by atoms with van der Waals surface area (Å²) in [5.74, 6) is 5.59. The number of rotatable bonds is 1. The van der Waals surface area contributed by atoms with Crippen molar-refractivity contribution in [3.63, 3.8) is 0 Å². The van der Waals surface area contributed by atoms with Crippen LogP contribution >= 0.6 is 11.6 Å². The first kappa shape index (κ1) is 9.90. The third-order valence-corrected chi connectivity index (χ3v) is 2.04. The van der Waals surface area contributed by atoms with Crippen LogP contribution in [0.4, 0.5) is 0 Å². The fourth-order valence-electron chi connectivity index (χ4n) is 1.12. The Kier molecular flexibility index (Phi) is 2.81. The van der Waals surface area contributed by atoms with Crippen molar-refractivity contribution in [3.05, 3.63) is 17.2 Å². The molecular formula is C9H7ClN4O. The van der Waals surface area contributed by atoms with Crippen molar-refractivity contribution < 1.29 is 5.11 Å². The molecule has 2 heterocycles. The van der Waals surface area contributed by atoms with Crippen molar-refractivity contribution >= 4 is 22.6 Å². The second-order valence-corrected chi connectivity index (χ2v) is 3.10. The molecule has 0 spiro atoms. The lowest BCUT2D eigenvalue weighted by Gasteiger charge is -1.89. The van der Waals surface area contributed by atoms with Crippen LogP contribution in [0, 0.1) is 11.8 Å². The minimum Gasteiger partial charge on any atom is -0.395 e. The summed E-state index contributed by atoms with van der Waals surface area (Å²) in [4.78, 5) is 7.78. The molecule has 0 amide bonds. The lowest BCUT2D eigenvalue weighted by molar-refractivity contribution is 0.305. The number of nitrogens with one attached hydrogen (secondary N) is 1. The van der Waals surface area contributed by atoms with E-state index in [1.54, 1.807) is 0 Å². The van der Waals surface area contributed by atoms with Gasteiger partial charge in [0, 0.05) is 6.42 Å². The molecule has 2 aromatic heterocycles. The molecule has 0 radical (unpaired) electrons. The van der Waals surface area contributed by atoms with Gasteiger partial charge in [-0.1, -0.05) is 17.5 Å². The van der Waals surface area contributed by atoms with Crippen LogP contribution in [-0.4, -0.2) is 31.9 Å². The number of H-pyrrole nitrogens is 1. The molecule has 0 aliphatic rings. The van der Waals surface area contributed by atoms with Gasteiger partial charge in [0.1, 0.15) is 17.2 Å². The van der Waals surface area contributed by atoms with E-state index >= 15 is 0 Å². The standard InChI is InChI=1S/C9H7ClN4O/c10-8-7-6(3-1-2-4-15)13-14-9(7)12-5-11-8/h5,15H,2,4H2,(H,11,12,13,14). The zero-order valence-corrected chi connectivity index (χ0v) is 8.41. The smallest absolute Gasteiger partial charge is 0.186 e. The highest BCUT2D eigenvalue weighted by Gasteiger charge is 2.08. The molecule has 0 bridgehead atoms. The molecule has 2 rings (SSSR count). The van der Waals surface area contributed by atoms with Gasteiger partial charge in [0.2, 0.25) is 0 Å². The number of hydrogen-bond acceptors (Lipinski definition) is 4. The van der Waals surface area contributed by atoms with E-state index in [1.807, 2.05) is 0 Å². The Bertz CT molecular complexity index is 540. The summed E-state index contributed by atoms with van der Waals surface area (Å²) in [7, 11) is 0. The van der Waals surface area contributed by atoms with Crippen molar-refractivity contribution in [2.75, 3.05) is 6.61 Å². The Labute approximate surface area is 90.5 Å². The molecule has 2 N–H and O–H groups in total.